The smallest absolute Gasteiger partial charge is 0.306 e. The molecule has 0 bridgehead atoms. The summed E-state index contributed by atoms with van der Waals surface area (Å²) in [5, 5.41) is 11.5. The van der Waals surface area contributed by atoms with Crippen LogP contribution in [0.5, 0.6) is 0 Å². The van der Waals surface area contributed by atoms with Crippen LogP contribution in [0.3, 0.4) is 0 Å². The van der Waals surface area contributed by atoms with Gasteiger partial charge in [0.25, 0.3) is 0 Å². The minimum Gasteiger partial charge on any atom is -0.458 e. The lowest BCUT2D eigenvalue weighted by atomic mass is 9.46. The van der Waals surface area contributed by atoms with Gasteiger partial charge < -0.3 is 14.7 Å². The third kappa shape index (κ3) is 6.48. The Labute approximate surface area is 265 Å². The van der Waals surface area contributed by atoms with Crippen LogP contribution in [0, 0.1) is 34.5 Å². The van der Waals surface area contributed by atoms with Gasteiger partial charge in [0.1, 0.15) is 6.61 Å². The van der Waals surface area contributed by atoms with E-state index in [4.69, 9.17) is 27.9 Å². The Kier molecular flexibility index (Phi) is 10.1. The monoisotopic (exact) mass is 629 g/mol. The van der Waals surface area contributed by atoms with Crippen LogP contribution in [0.15, 0.2) is 48.1 Å². The Morgan fingerprint density at radius 1 is 1.07 bits per heavy atom. The van der Waals surface area contributed by atoms with Crippen molar-refractivity contribution in [2.24, 2.45) is 34.5 Å². The van der Waals surface area contributed by atoms with Gasteiger partial charge in [-0.2, -0.15) is 0 Å². The average molecular weight is 631 g/mol. The Hall–Kier alpha value is -2.15. The quantitative estimate of drug-likeness (QED) is 0.216. The molecule has 0 amide bonds. The fraction of sp³-hybridized carbons (Fsp3) is 0.629. The maximum absolute atomic E-state index is 13.4. The standard InChI is InChI=1S/C35H45Cl2NO5/c1-34-15-14-26(39)20-24(34)8-11-27-28-12-13-29(35(28,2)21-30(40)33(27)34)31(41)22-43-32(42)5-3-4-23-6-9-25(10-7-23)38(18-16-36)19-17-37/h6-7,9-10,14-15,20,27-30,33,40H,3-5,8,11-13,16-19,21-22H2,1-2H3/t27-,28?,29?,30?,33?,34-,35-/m0/s1. The van der Waals surface area contributed by atoms with Gasteiger partial charge in [0.05, 0.1) is 6.10 Å². The molecule has 4 aliphatic rings. The van der Waals surface area contributed by atoms with Crippen LogP contribution in [-0.4, -0.2) is 60.2 Å². The number of hydrogen-bond donors (Lipinski definition) is 1. The number of ether oxygens (including phenoxy) is 1. The molecule has 1 aromatic carbocycles. The number of carbonyl (C=O) groups excluding carboxylic acids is 3. The molecule has 3 saturated carbocycles. The predicted octanol–water partition coefficient (Wildman–Crippen LogP) is 6.30. The van der Waals surface area contributed by atoms with Gasteiger partial charge in [-0.05, 0) is 92.0 Å². The molecule has 0 saturated heterocycles. The van der Waals surface area contributed by atoms with E-state index >= 15 is 0 Å². The molecule has 1 N–H and O–H groups in total. The number of benzene rings is 1. The zero-order valence-corrected chi connectivity index (χ0v) is 26.9. The number of ketones is 2. The second kappa shape index (κ2) is 13.5. The lowest BCUT2D eigenvalue weighted by Gasteiger charge is -2.58. The SMILES string of the molecule is C[C@]12CC(O)C3[C@@H](CCC4=CC(=O)C=C[C@@]43C)C1CCC2C(=O)COC(=O)CCCc1ccc(N(CCCl)CCCl)cc1. The number of alkyl halides is 2. The van der Waals surface area contributed by atoms with Gasteiger partial charge in [-0.1, -0.05) is 37.6 Å². The van der Waals surface area contributed by atoms with Crippen molar-refractivity contribution in [3.63, 3.8) is 0 Å². The number of rotatable bonds is 12. The highest BCUT2D eigenvalue weighted by Gasteiger charge is 2.62. The summed E-state index contributed by atoms with van der Waals surface area (Å²) in [6, 6.07) is 8.24. The van der Waals surface area contributed by atoms with E-state index in [0.717, 1.165) is 62.0 Å². The van der Waals surface area contributed by atoms with Crippen molar-refractivity contribution in [2.75, 3.05) is 36.4 Å². The molecule has 0 heterocycles. The number of fused-ring (bicyclic) bond motifs is 5. The molecule has 4 aliphatic carbocycles. The number of halogens is 2. The van der Waals surface area contributed by atoms with Gasteiger partial charge in [-0.25, -0.2) is 0 Å². The molecular formula is C35H45Cl2NO5. The Morgan fingerprint density at radius 3 is 2.49 bits per heavy atom. The average Bonchev–Trinajstić information content (AvgIpc) is 3.33. The molecule has 0 spiro atoms. The molecule has 4 unspecified atom stereocenters. The number of anilines is 1. The first-order valence-corrected chi connectivity index (χ1v) is 16.9. The van der Waals surface area contributed by atoms with Crippen molar-refractivity contribution in [3.05, 3.63) is 53.6 Å². The summed E-state index contributed by atoms with van der Waals surface area (Å²) in [7, 11) is 0. The van der Waals surface area contributed by atoms with Gasteiger partial charge in [0.2, 0.25) is 0 Å². The van der Waals surface area contributed by atoms with E-state index in [1.165, 1.54) is 0 Å². The first kappa shape index (κ1) is 32.2. The predicted molar refractivity (Wildman–Crippen MR) is 170 cm³/mol. The molecule has 234 valence electrons. The fourth-order valence-electron chi connectivity index (χ4n) is 9.06. The van der Waals surface area contributed by atoms with Gasteiger partial charge >= 0.3 is 5.97 Å². The molecule has 3 fully saturated rings. The Balaban J connectivity index is 1.12. The van der Waals surface area contributed by atoms with Crippen molar-refractivity contribution in [3.8, 4) is 0 Å². The molecule has 6 nitrogen and oxygen atoms in total. The maximum atomic E-state index is 13.4. The van der Waals surface area contributed by atoms with Gasteiger partial charge in [0.15, 0.2) is 11.6 Å². The minimum absolute atomic E-state index is 0.0243. The molecule has 0 aliphatic heterocycles. The summed E-state index contributed by atoms with van der Waals surface area (Å²) in [5.41, 5.74) is 2.72. The number of aryl methyl sites for hydroxylation is 1. The largest absolute Gasteiger partial charge is 0.458 e. The molecular weight excluding hydrogens is 585 g/mol. The number of Topliss-reactive ketones (excluding diaryl/α,β-unsaturated/α-hetero) is 1. The maximum Gasteiger partial charge on any atom is 0.306 e. The molecule has 43 heavy (non-hydrogen) atoms. The second-order valence-electron chi connectivity index (χ2n) is 13.4. The first-order valence-electron chi connectivity index (χ1n) is 15.9. The first-order chi connectivity index (χ1) is 20.6. The van der Waals surface area contributed by atoms with E-state index < -0.39 is 6.10 Å². The fourth-order valence-corrected chi connectivity index (χ4v) is 9.47. The number of aliphatic hydroxyl groups is 1. The van der Waals surface area contributed by atoms with E-state index in [9.17, 15) is 19.5 Å². The number of carbonyl (C=O) groups is 3. The second-order valence-corrected chi connectivity index (χ2v) is 14.2. The molecule has 5 rings (SSSR count). The van der Waals surface area contributed by atoms with Gasteiger partial charge in [0, 0.05) is 54.2 Å². The highest BCUT2D eigenvalue weighted by atomic mass is 35.5. The van der Waals surface area contributed by atoms with Crippen molar-refractivity contribution in [2.45, 2.75) is 71.3 Å². The van der Waals surface area contributed by atoms with Gasteiger partial charge in [-0.3, -0.25) is 14.4 Å². The van der Waals surface area contributed by atoms with E-state index in [-0.39, 0.29) is 53.2 Å². The number of allylic oxidation sites excluding steroid dienone is 4. The van der Waals surface area contributed by atoms with Crippen molar-refractivity contribution in [1.29, 1.82) is 0 Å². The van der Waals surface area contributed by atoms with Crippen LogP contribution in [-0.2, 0) is 25.5 Å². The van der Waals surface area contributed by atoms with Crippen LogP contribution < -0.4 is 4.90 Å². The van der Waals surface area contributed by atoms with Crippen molar-refractivity contribution < 1.29 is 24.2 Å². The summed E-state index contributed by atoms with van der Waals surface area (Å²) in [5.74, 6) is 1.19. The van der Waals surface area contributed by atoms with Crippen LogP contribution in [0.1, 0.15) is 64.4 Å². The minimum atomic E-state index is -0.549. The normalized spacial score (nSPS) is 32.8. The molecule has 0 aromatic heterocycles. The third-order valence-electron chi connectivity index (χ3n) is 11.1. The van der Waals surface area contributed by atoms with E-state index in [1.54, 1.807) is 12.2 Å². The number of aliphatic hydroxyl groups excluding tert-OH is 1. The highest BCUT2D eigenvalue weighted by Crippen LogP contribution is 2.66. The van der Waals surface area contributed by atoms with Crippen LogP contribution in [0.25, 0.3) is 0 Å². The summed E-state index contributed by atoms with van der Waals surface area (Å²) >= 11 is 11.8. The lowest BCUT2D eigenvalue weighted by molar-refractivity contribution is -0.153. The summed E-state index contributed by atoms with van der Waals surface area (Å²) in [4.78, 5) is 40.2. The van der Waals surface area contributed by atoms with Crippen molar-refractivity contribution >= 4 is 46.4 Å². The molecule has 8 heteroatoms. The third-order valence-corrected chi connectivity index (χ3v) is 11.5. The van der Waals surface area contributed by atoms with E-state index in [2.05, 4.69) is 43.0 Å². The topological polar surface area (TPSA) is 83.9 Å². The van der Waals surface area contributed by atoms with E-state index in [1.807, 2.05) is 6.08 Å². The summed E-state index contributed by atoms with van der Waals surface area (Å²) < 4.78 is 5.48. The van der Waals surface area contributed by atoms with E-state index in [0.29, 0.717) is 36.4 Å². The summed E-state index contributed by atoms with van der Waals surface area (Å²) in [6.45, 7) is 5.60. The highest BCUT2D eigenvalue weighted by molar-refractivity contribution is 6.18. The van der Waals surface area contributed by atoms with Crippen LogP contribution in [0.2, 0.25) is 0 Å². The zero-order chi connectivity index (χ0) is 30.8. The molecule has 0 radical (unpaired) electrons. The van der Waals surface area contributed by atoms with Crippen LogP contribution >= 0.6 is 23.2 Å². The molecule has 1 aromatic rings. The number of hydrogen-bond acceptors (Lipinski definition) is 6. The van der Waals surface area contributed by atoms with Crippen molar-refractivity contribution in [1.82, 2.24) is 0 Å². The molecule has 7 atom stereocenters. The Bertz CT molecular complexity index is 1260. The van der Waals surface area contributed by atoms with Crippen LogP contribution in [0.4, 0.5) is 5.69 Å². The van der Waals surface area contributed by atoms with Gasteiger partial charge in [-0.15, -0.1) is 23.2 Å². The zero-order valence-electron chi connectivity index (χ0n) is 25.4. The summed E-state index contributed by atoms with van der Waals surface area (Å²) in [6.07, 6.45) is 10.6. The lowest BCUT2D eigenvalue weighted by Crippen LogP contribution is -2.56. The number of esters is 1. The Morgan fingerprint density at radius 2 is 1.79 bits per heavy atom. The number of nitrogens with zero attached hydrogens (tertiary/aromatic N) is 1.